The van der Waals surface area contributed by atoms with E-state index in [0.29, 0.717) is 45.2 Å². The monoisotopic (exact) mass is 582 g/mol. The highest BCUT2D eigenvalue weighted by Crippen LogP contribution is 2.45. The third kappa shape index (κ3) is 9.39. The van der Waals surface area contributed by atoms with Crippen LogP contribution in [0.1, 0.15) is 72.1 Å². The van der Waals surface area contributed by atoms with Crippen LogP contribution in [-0.4, -0.2) is 73.4 Å². The average Bonchev–Trinajstić information content (AvgIpc) is 3.22. The number of carbonyl (C=O) groups excluding carboxylic acids is 4. The van der Waals surface area contributed by atoms with E-state index in [1.807, 2.05) is 0 Å². The van der Waals surface area contributed by atoms with Crippen LogP contribution in [0.2, 0.25) is 0 Å². The largest absolute Gasteiger partial charge is 0.516 e. The second-order valence-electron chi connectivity index (χ2n) is 10.7. The lowest BCUT2D eigenvalue weighted by Gasteiger charge is -2.26. The summed E-state index contributed by atoms with van der Waals surface area (Å²) in [6.07, 6.45) is 7.51. The Morgan fingerprint density at radius 3 is 2.31 bits per heavy atom. The van der Waals surface area contributed by atoms with E-state index in [1.54, 1.807) is 37.8 Å². The van der Waals surface area contributed by atoms with Crippen molar-refractivity contribution in [2.75, 3.05) is 13.1 Å². The van der Waals surface area contributed by atoms with Crippen molar-refractivity contribution >= 4 is 34.3 Å². The number of sulfonamides is 1. The zero-order valence-electron chi connectivity index (χ0n) is 22.3. The van der Waals surface area contributed by atoms with Gasteiger partial charge in [0.15, 0.2) is 0 Å². The number of nitrogens with zero attached hydrogens (tertiary/aromatic N) is 1. The van der Waals surface area contributed by atoms with E-state index in [9.17, 15) is 40.8 Å². The smallest absolute Gasteiger partial charge is 0.444 e. The Hall–Kier alpha value is -2.84. The van der Waals surface area contributed by atoms with E-state index >= 15 is 0 Å². The summed E-state index contributed by atoms with van der Waals surface area (Å²) in [5.41, 5.74) is -8.12. The van der Waals surface area contributed by atoms with Crippen molar-refractivity contribution in [3.8, 4) is 0 Å². The maximum atomic E-state index is 12.9. The zero-order valence-corrected chi connectivity index (χ0v) is 23.1. The maximum absolute atomic E-state index is 12.9. The van der Waals surface area contributed by atoms with Crippen molar-refractivity contribution in [1.29, 1.82) is 0 Å². The van der Waals surface area contributed by atoms with E-state index < -0.39 is 50.6 Å². The lowest BCUT2D eigenvalue weighted by atomic mass is 10.1. The number of rotatable bonds is 13. The van der Waals surface area contributed by atoms with Gasteiger partial charge < -0.3 is 20.3 Å². The summed E-state index contributed by atoms with van der Waals surface area (Å²) in [7, 11) is -5.89. The molecule has 2 fully saturated rings. The topological polar surface area (TPSA) is 151 Å². The minimum absolute atomic E-state index is 0.0436. The first kappa shape index (κ1) is 32.4. The summed E-state index contributed by atoms with van der Waals surface area (Å²) in [5.74, 6) is -2.25. The molecule has 39 heavy (non-hydrogen) atoms. The molecule has 4 amide bonds. The van der Waals surface area contributed by atoms with Gasteiger partial charge in [-0.15, -0.1) is 0 Å². The molecule has 0 spiro atoms. The van der Waals surface area contributed by atoms with Gasteiger partial charge in [0.2, 0.25) is 12.3 Å². The molecule has 0 unspecified atom stereocenters. The Balaban J connectivity index is 1.83. The standard InChI is InChI=1S/C24H37F3N4O7S/c1-22(2,3)38-21(35)29-18(19(33)31-13-9-10-14-31)12-8-6-4-5-7-11-17-15-23(17,28-16-32)20(34)30-39(36,37)24(25,26)27/h7,11,16-18H,4-6,8-10,12-15H2,1-3H3,(H,28,32)(H,29,35)(H,30,34)/b11-7-/t17-,18+,23-/m1/s1. The maximum Gasteiger partial charge on any atom is 0.516 e. The molecule has 222 valence electrons. The molecule has 3 N–H and O–H groups in total. The number of ether oxygens (including phenoxy) is 1. The number of unbranched alkanes of at least 4 members (excludes halogenated alkanes) is 3. The van der Waals surface area contributed by atoms with Gasteiger partial charge in [-0.2, -0.15) is 21.6 Å². The molecule has 1 saturated heterocycles. The van der Waals surface area contributed by atoms with Crippen LogP contribution in [0.4, 0.5) is 18.0 Å². The van der Waals surface area contributed by atoms with Crippen LogP contribution in [0.15, 0.2) is 12.2 Å². The Bertz CT molecular complexity index is 1040. The first-order valence-electron chi connectivity index (χ1n) is 12.8. The van der Waals surface area contributed by atoms with Gasteiger partial charge in [0, 0.05) is 19.0 Å². The molecule has 0 radical (unpaired) electrons. The molecule has 2 aliphatic rings. The fraction of sp³-hybridized carbons (Fsp3) is 0.750. The molecule has 0 aromatic heterocycles. The number of hydrogen-bond donors (Lipinski definition) is 3. The minimum Gasteiger partial charge on any atom is -0.444 e. The zero-order chi connectivity index (χ0) is 29.5. The molecule has 1 aliphatic carbocycles. The van der Waals surface area contributed by atoms with Crippen LogP contribution in [0, 0.1) is 5.92 Å². The van der Waals surface area contributed by atoms with Gasteiger partial charge in [-0.05, 0) is 59.3 Å². The van der Waals surface area contributed by atoms with Crippen LogP contribution in [-0.2, 0) is 29.1 Å². The third-order valence-corrected chi connectivity index (χ3v) is 7.47. The molecule has 0 bridgehead atoms. The van der Waals surface area contributed by atoms with Crippen molar-refractivity contribution in [1.82, 2.24) is 20.3 Å². The highest BCUT2D eigenvalue weighted by molar-refractivity contribution is 7.90. The predicted molar refractivity (Wildman–Crippen MR) is 134 cm³/mol. The van der Waals surface area contributed by atoms with Crippen LogP contribution in [0.3, 0.4) is 0 Å². The minimum atomic E-state index is -5.89. The molecule has 11 nitrogen and oxygen atoms in total. The van der Waals surface area contributed by atoms with Crippen molar-refractivity contribution in [2.24, 2.45) is 5.92 Å². The van der Waals surface area contributed by atoms with Crippen LogP contribution in [0.5, 0.6) is 0 Å². The first-order chi connectivity index (χ1) is 18.0. The first-order valence-corrected chi connectivity index (χ1v) is 14.3. The number of halogens is 3. The van der Waals surface area contributed by atoms with Crippen molar-refractivity contribution < 1.29 is 45.5 Å². The SMILES string of the molecule is CC(C)(C)OC(=O)N[C@@H](CCCCC/C=C\[C@@H]1C[C@]1(NC=O)C(=O)NS(=O)(=O)C(F)(F)F)C(=O)N1CCCC1. The molecule has 0 aromatic carbocycles. The van der Waals surface area contributed by atoms with E-state index in [1.165, 1.54) is 0 Å². The molecule has 1 aliphatic heterocycles. The van der Waals surface area contributed by atoms with Crippen molar-refractivity contribution in [2.45, 2.75) is 94.8 Å². The van der Waals surface area contributed by atoms with Gasteiger partial charge in [0.25, 0.3) is 5.91 Å². The number of hydrogen-bond acceptors (Lipinski definition) is 7. The summed E-state index contributed by atoms with van der Waals surface area (Å²) < 4.78 is 66.5. The number of allylic oxidation sites excluding steroid dienone is 1. The van der Waals surface area contributed by atoms with Gasteiger partial charge in [-0.1, -0.05) is 25.0 Å². The lowest BCUT2D eigenvalue weighted by molar-refractivity contribution is -0.132. The third-order valence-electron chi connectivity index (χ3n) is 6.41. The van der Waals surface area contributed by atoms with Crippen LogP contribution < -0.4 is 15.4 Å². The Kier molecular flexibility index (Phi) is 10.8. The fourth-order valence-corrected chi connectivity index (χ4v) is 4.84. The number of nitrogens with one attached hydrogen (secondary N) is 3. The van der Waals surface area contributed by atoms with Gasteiger partial charge in [0.1, 0.15) is 17.2 Å². The molecule has 0 aromatic rings. The summed E-state index contributed by atoms with van der Waals surface area (Å²) in [6, 6.07) is -0.707. The Morgan fingerprint density at radius 1 is 1.10 bits per heavy atom. The second-order valence-corrected chi connectivity index (χ2v) is 12.4. The second kappa shape index (κ2) is 13.0. The Morgan fingerprint density at radius 2 is 1.74 bits per heavy atom. The summed E-state index contributed by atoms with van der Waals surface area (Å²) in [4.78, 5) is 50.0. The number of amides is 4. The molecule has 15 heteroatoms. The van der Waals surface area contributed by atoms with Crippen LogP contribution in [0.25, 0.3) is 0 Å². The normalized spacial score (nSPS) is 22.3. The van der Waals surface area contributed by atoms with Gasteiger partial charge in [-0.3, -0.25) is 14.4 Å². The van der Waals surface area contributed by atoms with E-state index in [0.717, 1.165) is 17.6 Å². The van der Waals surface area contributed by atoms with E-state index in [2.05, 4.69) is 10.6 Å². The number of carbonyl (C=O) groups is 4. The number of alkyl halides is 3. The van der Waals surface area contributed by atoms with Crippen LogP contribution >= 0.6 is 0 Å². The molecular formula is C24H37F3N4O7S. The fourth-order valence-electron chi connectivity index (χ4n) is 4.30. The van der Waals surface area contributed by atoms with Crippen molar-refractivity contribution in [3.05, 3.63) is 12.2 Å². The quantitative estimate of drug-likeness (QED) is 0.171. The molecule has 1 saturated carbocycles. The van der Waals surface area contributed by atoms with E-state index in [4.69, 9.17) is 4.74 Å². The molecular weight excluding hydrogens is 545 g/mol. The predicted octanol–water partition coefficient (Wildman–Crippen LogP) is 2.48. The van der Waals surface area contributed by atoms with E-state index in [-0.39, 0.29) is 18.7 Å². The summed E-state index contributed by atoms with van der Waals surface area (Å²) in [6.45, 7) is 6.49. The highest BCUT2D eigenvalue weighted by atomic mass is 32.2. The highest BCUT2D eigenvalue weighted by Gasteiger charge is 2.61. The number of likely N-dealkylation sites (tertiary alicyclic amines) is 1. The summed E-state index contributed by atoms with van der Waals surface area (Å²) in [5, 5.41) is 4.82. The van der Waals surface area contributed by atoms with Gasteiger partial charge in [0.05, 0.1) is 0 Å². The molecule has 2 rings (SSSR count). The van der Waals surface area contributed by atoms with Gasteiger partial charge in [-0.25, -0.2) is 9.52 Å². The number of alkyl carbamates (subject to hydrolysis) is 1. The molecule has 3 atom stereocenters. The average molecular weight is 583 g/mol. The summed E-state index contributed by atoms with van der Waals surface area (Å²) >= 11 is 0. The van der Waals surface area contributed by atoms with Crippen molar-refractivity contribution in [3.63, 3.8) is 0 Å². The van der Waals surface area contributed by atoms with Gasteiger partial charge >= 0.3 is 21.6 Å². The Labute approximate surface area is 226 Å². The lowest BCUT2D eigenvalue weighted by Crippen LogP contribution is -2.52. The molecule has 1 heterocycles.